The molecule has 0 bridgehead atoms. The second-order valence-electron chi connectivity index (χ2n) is 10.5. The van der Waals surface area contributed by atoms with E-state index in [2.05, 4.69) is 25.8 Å². The number of carbonyl (C=O) groups is 1. The minimum atomic E-state index is -0.711. The fourth-order valence-corrected chi connectivity index (χ4v) is 5.69. The first-order valence-corrected chi connectivity index (χ1v) is 13.4. The first-order valence-electron chi connectivity index (χ1n) is 12.5. The van der Waals surface area contributed by atoms with Crippen molar-refractivity contribution in [1.82, 2.24) is 4.57 Å². The molecule has 0 saturated carbocycles. The number of aromatic nitrogens is 1. The Morgan fingerprint density at radius 1 is 1.15 bits per heavy atom. The average Bonchev–Trinajstić information content (AvgIpc) is 3.51. The molecule has 9 nitrogen and oxygen atoms in total. The van der Waals surface area contributed by atoms with E-state index in [1.807, 2.05) is 24.3 Å². The molecule has 1 unspecified atom stereocenters. The summed E-state index contributed by atoms with van der Waals surface area (Å²) in [6.45, 7) is 8.09. The minimum Gasteiger partial charge on any atom is -0.466 e. The zero-order valence-corrected chi connectivity index (χ0v) is 23.4. The first kappa shape index (κ1) is 27.0. The molecule has 5 rings (SSSR count). The van der Waals surface area contributed by atoms with Gasteiger partial charge in [0.15, 0.2) is 4.80 Å². The van der Waals surface area contributed by atoms with Crippen LogP contribution >= 0.6 is 11.3 Å². The molecule has 0 N–H and O–H groups in total. The standard InChI is InChI=1S/C30H27N3O6S/c1-17-25(28(35)38-5)26(18-9-11-20(12-10-18)30(2,3)4)32-27(34)24(40-29(32)31-17)16-22-13-14-23(39-22)19-7-6-8-21(15-19)33(36)37/h6-16,26H,1-5H3. The zero-order valence-electron chi connectivity index (χ0n) is 22.6. The van der Waals surface area contributed by atoms with Gasteiger partial charge in [-0.15, -0.1) is 0 Å². The van der Waals surface area contributed by atoms with Gasteiger partial charge < -0.3 is 9.15 Å². The van der Waals surface area contributed by atoms with Crippen molar-refractivity contribution in [3.63, 3.8) is 0 Å². The van der Waals surface area contributed by atoms with Crippen molar-refractivity contribution >= 4 is 29.1 Å². The average molecular weight is 558 g/mol. The smallest absolute Gasteiger partial charge is 0.338 e. The Hall–Kier alpha value is -4.57. The van der Waals surface area contributed by atoms with E-state index in [1.54, 1.807) is 37.3 Å². The Kier molecular flexibility index (Phi) is 6.89. The third-order valence-electron chi connectivity index (χ3n) is 6.76. The molecule has 0 spiro atoms. The summed E-state index contributed by atoms with van der Waals surface area (Å²) in [6, 6.07) is 16.7. The molecule has 0 aliphatic carbocycles. The normalized spacial score (nSPS) is 15.5. The van der Waals surface area contributed by atoms with Gasteiger partial charge in [0, 0.05) is 23.8 Å². The van der Waals surface area contributed by atoms with E-state index in [0.29, 0.717) is 37.7 Å². The fourth-order valence-electron chi connectivity index (χ4n) is 4.66. The van der Waals surface area contributed by atoms with Crippen LogP contribution in [-0.2, 0) is 14.9 Å². The van der Waals surface area contributed by atoms with E-state index in [4.69, 9.17) is 9.15 Å². The van der Waals surface area contributed by atoms with Gasteiger partial charge in [0.2, 0.25) is 0 Å². The summed E-state index contributed by atoms with van der Waals surface area (Å²) in [5, 5.41) is 11.2. The van der Waals surface area contributed by atoms with Crippen LogP contribution in [0.15, 0.2) is 86.1 Å². The van der Waals surface area contributed by atoms with Crippen molar-refractivity contribution in [2.45, 2.75) is 39.2 Å². The number of hydrogen-bond donors (Lipinski definition) is 0. The van der Waals surface area contributed by atoms with E-state index in [1.165, 1.54) is 35.1 Å². The summed E-state index contributed by atoms with van der Waals surface area (Å²) in [7, 11) is 1.31. The van der Waals surface area contributed by atoms with Crippen LogP contribution in [0.5, 0.6) is 0 Å². The maximum absolute atomic E-state index is 13.8. The summed E-state index contributed by atoms with van der Waals surface area (Å²) in [5.41, 5.74) is 2.80. The number of furan rings is 1. The number of rotatable bonds is 5. The highest BCUT2D eigenvalue weighted by atomic mass is 32.1. The van der Waals surface area contributed by atoms with Gasteiger partial charge in [-0.05, 0) is 35.6 Å². The Bertz CT molecular complexity index is 1850. The summed E-state index contributed by atoms with van der Waals surface area (Å²) in [6.07, 6.45) is 1.61. The molecular formula is C30H27N3O6S. The van der Waals surface area contributed by atoms with Gasteiger partial charge in [0.05, 0.1) is 33.9 Å². The fraction of sp³-hybridized carbons (Fsp3) is 0.233. The van der Waals surface area contributed by atoms with Crippen molar-refractivity contribution in [1.29, 1.82) is 0 Å². The number of non-ortho nitro benzene ring substituents is 1. The van der Waals surface area contributed by atoms with Crippen molar-refractivity contribution < 1.29 is 18.9 Å². The molecule has 1 aliphatic heterocycles. The number of methoxy groups -OCH3 is 1. The molecule has 0 radical (unpaired) electrons. The van der Waals surface area contributed by atoms with Crippen LogP contribution in [0.2, 0.25) is 0 Å². The number of carbonyl (C=O) groups excluding carboxylic acids is 1. The summed E-state index contributed by atoms with van der Waals surface area (Å²) >= 11 is 1.19. The molecule has 10 heteroatoms. The van der Waals surface area contributed by atoms with Gasteiger partial charge >= 0.3 is 5.97 Å². The monoisotopic (exact) mass is 557 g/mol. The van der Waals surface area contributed by atoms with Crippen molar-refractivity contribution in [3.8, 4) is 11.3 Å². The molecule has 40 heavy (non-hydrogen) atoms. The number of allylic oxidation sites excluding steroid dienone is 1. The quantitative estimate of drug-likeness (QED) is 0.196. The van der Waals surface area contributed by atoms with Gasteiger partial charge in [-0.2, -0.15) is 0 Å². The van der Waals surface area contributed by atoms with E-state index in [-0.39, 0.29) is 16.7 Å². The van der Waals surface area contributed by atoms with Crippen LogP contribution in [0.1, 0.15) is 50.6 Å². The lowest BCUT2D eigenvalue weighted by molar-refractivity contribution is -0.384. The highest BCUT2D eigenvalue weighted by Crippen LogP contribution is 2.32. The SMILES string of the molecule is COC(=O)C1=C(C)N=c2sc(=Cc3ccc(-c4cccc([N+](=O)[O-])c4)o3)c(=O)n2C1c1ccc(C(C)(C)C)cc1. The molecule has 0 saturated heterocycles. The summed E-state index contributed by atoms with van der Waals surface area (Å²) < 4.78 is 12.9. The molecular weight excluding hydrogens is 530 g/mol. The van der Waals surface area contributed by atoms with Crippen LogP contribution in [0, 0.1) is 10.1 Å². The van der Waals surface area contributed by atoms with E-state index < -0.39 is 16.9 Å². The van der Waals surface area contributed by atoms with Crippen LogP contribution in [-0.4, -0.2) is 22.6 Å². The van der Waals surface area contributed by atoms with Crippen LogP contribution in [0.3, 0.4) is 0 Å². The Balaban J connectivity index is 1.61. The minimum absolute atomic E-state index is 0.0453. The van der Waals surface area contributed by atoms with Crippen molar-refractivity contribution in [3.05, 3.63) is 119 Å². The Labute approximate surface area is 233 Å². The molecule has 2 aromatic carbocycles. The number of fused-ring (bicyclic) bond motifs is 1. The second kappa shape index (κ2) is 10.2. The number of nitro groups is 1. The number of benzene rings is 2. The van der Waals surface area contributed by atoms with Crippen LogP contribution < -0.4 is 14.9 Å². The van der Waals surface area contributed by atoms with Gasteiger partial charge in [-0.3, -0.25) is 19.5 Å². The Morgan fingerprint density at radius 2 is 1.88 bits per heavy atom. The zero-order chi connectivity index (χ0) is 28.8. The van der Waals surface area contributed by atoms with E-state index in [0.717, 1.165) is 11.1 Å². The second-order valence-corrected chi connectivity index (χ2v) is 11.5. The number of hydrogen-bond acceptors (Lipinski definition) is 8. The number of nitrogens with zero attached hydrogens (tertiary/aromatic N) is 3. The number of ether oxygens (including phenoxy) is 1. The van der Waals surface area contributed by atoms with Gasteiger partial charge in [0.25, 0.3) is 11.2 Å². The topological polar surface area (TPSA) is 117 Å². The largest absolute Gasteiger partial charge is 0.466 e. The third kappa shape index (κ3) is 4.93. The molecule has 4 aromatic rings. The first-order chi connectivity index (χ1) is 19.0. The van der Waals surface area contributed by atoms with Crippen molar-refractivity contribution in [2.75, 3.05) is 7.11 Å². The molecule has 2 aromatic heterocycles. The van der Waals surface area contributed by atoms with Crippen LogP contribution in [0.25, 0.3) is 17.4 Å². The van der Waals surface area contributed by atoms with Crippen LogP contribution in [0.4, 0.5) is 5.69 Å². The van der Waals surface area contributed by atoms with Gasteiger partial charge in [0.1, 0.15) is 11.5 Å². The lowest BCUT2D eigenvalue weighted by atomic mass is 9.85. The number of esters is 1. The molecule has 3 heterocycles. The predicted molar refractivity (Wildman–Crippen MR) is 152 cm³/mol. The summed E-state index contributed by atoms with van der Waals surface area (Å²) in [4.78, 5) is 42.4. The molecule has 1 aliphatic rings. The maximum atomic E-state index is 13.8. The molecule has 0 amide bonds. The number of nitro benzene ring substituents is 1. The number of thiazole rings is 1. The lowest BCUT2D eigenvalue weighted by Gasteiger charge is -2.25. The Morgan fingerprint density at radius 3 is 2.52 bits per heavy atom. The van der Waals surface area contributed by atoms with Gasteiger partial charge in [-0.1, -0.05) is 68.5 Å². The highest BCUT2D eigenvalue weighted by molar-refractivity contribution is 7.07. The maximum Gasteiger partial charge on any atom is 0.338 e. The van der Waals surface area contributed by atoms with E-state index >= 15 is 0 Å². The van der Waals surface area contributed by atoms with E-state index in [9.17, 15) is 19.7 Å². The predicted octanol–water partition coefficient (Wildman–Crippen LogP) is 4.87. The molecule has 204 valence electrons. The summed E-state index contributed by atoms with van der Waals surface area (Å²) in [5.74, 6) is 0.290. The van der Waals surface area contributed by atoms with Gasteiger partial charge in [-0.25, -0.2) is 9.79 Å². The molecule has 1 atom stereocenters. The lowest BCUT2D eigenvalue weighted by Crippen LogP contribution is -2.39. The third-order valence-corrected chi connectivity index (χ3v) is 7.74. The van der Waals surface area contributed by atoms with Crippen molar-refractivity contribution in [2.24, 2.45) is 4.99 Å². The highest BCUT2D eigenvalue weighted by Gasteiger charge is 2.33. The molecule has 0 fully saturated rings.